The number of benzene rings is 1. The first-order valence-corrected chi connectivity index (χ1v) is 4.94. The zero-order chi connectivity index (χ0) is 10.3. The molecule has 0 saturated heterocycles. The minimum atomic E-state index is -0.733. The third-order valence-electron chi connectivity index (χ3n) is 2.87. The molecule has 0 spiro atoms. The lowest BCUT2D eigenvalue weighted by atomic mass is 9.92. The molecule has 3 heteroatoms. The minimum absolute atomic E-state index is 0.609. The zero-order valence-corrected chi connectivity index (χ0v) is 8.64. The molecule has 0 bridgehead atoms. The SMILES string of the molecule is Cc1ccc(Cl)cc1C1(C(=O)O)CC1. The summed E-state index contributed by atoms with van der Waals surface area (Å²) in [6.07, 6.45) is 1.45. The first kappa shape index (κ1) is 9.53. The third-order valence-corrected chi connectivity index (χ3v) is 3.11. The maximum atomic E-state index is 11.1. The van der Waals surface area contributed by atoms with Crippen LogP contribution in [0.4, 0.5) is 0 Å². The van der Waals surface area contributed by atoms with Gasteiger partial charge in [-0.15, -0.1) is 0 Å². The van der Waals surface area contributed by atoms with Crippen LogP contribution in [0.25, 0.3) is 0 Å². The average molecular weight is 211 g/mol. The fraction of sp³-hybridized carbons (Fsp3) is 0.364. The molecule has 1 fully saturated rings. The molecule has 74 valence electrons. The average Bonchev–Trinajstić information content (AvgIpc) is 2.90. The van der Waals surface area contributed by atoms with Gasteiger partial charge in [-0.25, -0.2) is 0 Å². The second-order valence-electron chi connectivity index (χ2n) is 3.85. The molecule has 14 heavy (non-hydrogen) atoms. The maximum absolute atomic E-state index is 11.1. The lowest BCUT2D eigenvalue weighted by Crippen LogP contribution is -2.20. The Hall–Kier alpha value is -1.02. The van der Waals surface area contributed by atoms with Gasteiger partial charge in [0, 0.05) is 5.02 Å². The van der Waals surface area contributed by atoms with Gasteiger partial charge in [0.2, 0.25) is 0 Å². The molecule has 0 aromatic heterocycles. The summed E-state index contributed by atoms with van der Waals surface area (Å²) in [7, 11) is 0. The van der Waals surface area contributed by atoms with Crippen molar-refractivity contribution in [3.63, 3.8) is 0 Å². The summed E-state index contributed by atoms with van der Waals surface area (Å²) in [6, 6.07) is 5.44. The van der Waals surface area contributed by atoms with E-state index in [2.05, 4.69) is 0 Å². The van der Waals surface area contributed by atoms with Gasteiger partial charge in [-0.05, 0) is 43.0 Å². The van der Waals surface area contributed by atoms with Crippen molar-refractivity contribution in [1.29, 1.82) is 0 Å². The minimum Gasteiger partial charge on any atom is -0.481 e. The van der Waals surface area contributed by atoms with Crippen molar-refractivity contribution in [3.8, 4) is 0 Å². The van der Waals surface area contributed by atoms with E-state index in [0.717, 1.165) is 24.0 Å². The molecule has 2 nitrogen and oxygen atoms in total. The summed E-state index contributed by atoms with van der Waals surface area (Å²) in [5.74, 6) is -0.733. The first-order chi connectivity index (χ1) is 6.56. The molecule has 1 aromatic carbocycles. The Morgan fingerprint density at radius 1 is 1.50 bits per heavy atom. The molecular formula is C11H11ClO2. The number of carboxylic acids is 1. The monoisotopic (exact) mass is 210 g/mol. The third kappa shape index (κ3) is 1.30. The largest absolute Gasteiger partial charge is 0.481 e. The summed E-state index contributed by atoms with van der Waals surface area (Å²) in [4.78, 5) is 11.1. The van der Waals surface area contributed by atoms with E-state index in [9.17, 15) is 4.79 Å². The van der Waals surface area contributed by atoms with Crippen LogP contribution in [0.2, 0.25) is 5.02 Å². The van der Waals surface area contributed by atoms with E-state index in [1.54, 1.807) is 12.1 Å². The Labute approximate surface area is 87.5 Å². The predicted molar refractivity (Wildman–Crippen MR) is 54.7 cm³/mol. The van der Waals surface area contributed by atoms with Crippen LogP contribution in [0.3, 0.4) is 0 Å². The van der Waals surface area contributed by atoms with Gasteiger partial charge in [-0.1, -0.05) is 17.7 Å². The lowest BCUT2D eigenvalue weighted by molar-refractivity contribution is -0.140. The molecule has 0 amide bonds. The van der Waals surface area contributed by atoms with Crippen molar-refractivity contribution in [2.24, 2.45) is 0 Å². The number of aryl methyl sites for hydroxylation is 1. The van der Waals surface area contributed by atoms with E-state index in [4.69, 9.17) is 16.7 Å². The molecule has 0 atom stereocenters. The van der Waals surface area contributed by atoms with E-state index >= 15 is 0 Å². The summed E-state index contributed by atoms with van der Waals surface area (Å²) < 4.78 is 0. The molecule has 0 unspecified atom stereocenters. The highest BCUT2D eigenvalue weighted by Gasteiger charge is 2.52. The lowest BCUT2D eigenvalue weighted by Gasteiger charge is -2.13. The van der Waals surface area contributed by atoms with Gasteiger partial charge in [-0.3, -0.25) is 4.79 Å². The Balaban J connectivity index is 2.51. The fourth-order valence-electron chi connectivity index (χ4n) is 1.83. The van der Waals surface area contributed by atoms with Crippen LogP contribution in [-0.4, -0.2) is 11.1 Å². The van der Waals surface area contributed by atoms with E-state index in [0.29, 0.717) is 5.02 Å². The predicted octanol–water partition coefficient (Wildman–Crippen LogP) is 2.76. The Kier molecular flexibility index (Phi) is 2.04. The second-order valence-corrected chi connectivity index (χ2v) is 4.28. The van der Waals surface area contributed by atoms with E-state index in [1.165, 1.54) is 0 Å². The Morgan fingerprint density at radius 2 is 2.14 bits per heavy atom. The van der Waals surface area contributed by atoms with Crippen LogP contribution in [-0.2, 0) is 10.2 Å². The van der Waals surface area contributed by atoms with Gasteiger partial charge < -0.3 is 5.11 Å². The number of halogens is 1. The van der Waals surface area contributed by atoms with Crippen molar-refractivity contribution in [1.82, 2.24) is 0 Å². The number of carboxylic acid groups (broad SMARTS) is 1. The van der Waals surface area contributed by atoms with Gasteiger partial charge in [0.15, 0.2) is 0 Å². The van der Waals surface area contributed by atoms with E-state index in [-0.39, 0.29) is 0 Å². The van der Waals surface area contributed by atoms with Gasteiger partial charge in [0.05, 0.1) is 5.41 Å². The number of hydrogen-bond acceptors (Lipinski definition) is 1. The molecule has 1 aliphatic carbocycles. The summed E-state index contributed by atoms with van der Waals surface area (Å²) in [5, 5.41) is 9.74. The van der Waals surface area contributed by atoms with Crippen LogP contribution in [0.15, 0.2) is 18.2 Å². The van der Waals surface area contributed by atoms with Gasteiger partial charge in [0.1, 0.15) is 0 Å². The highest BCUT2D eigenvalue weighted by atomic mass is 35.5. The highest BCUT2D eigenvalue weighted by molar-refractivity contribution is 6.30. The van der Waals surface area contributed by atoms with Crippen molar-refractivity contribution in [2.75, 3.05) is 0 Å². The van der Waals surface area contributed by atoms with E-state index < -0.39 is 11.4 Å². The van der Waals surface area contributed by atoms with Gasteiger partial charge in [-0.2, -0.15) is 0 Å². The molecule has 1 aromatic rings. The normalized spacial score (nSPS) is 17.9. The van der Waals surface area contributed by atoms with Crippen molar-refractivity contribution >= 4 is 17.6 Å². The van der Waals surface area contributed by atoms with Gasteiger partial charge >= 0.3 is 5.97 Å². The summed E-state index contributed by atoms with van der Waals surface area (Å²) in [5.41, 5.74) is 1.24. The molecule has 0 radical (unpaired) electrons. The first-order valence-electron chi connectivity index (χ1n) is 4.56. The summed E-state index contributed by atoms with van der Waals surface area (Å²) in [6.45, 7) is 1.93. The van der Waals surface area contributed by atoms with Crippen molar-refractivity contribution in [2.45, 2.75) is 25.2 Å². The topological polar surface area (TPSA) is 37.3 Å². The van der Waals surface area contributed by atoms with Gasteiger partial charge in [0.25, 0.3) is 0 Å². The van der Waals surface area contributed by atoms with Crippen LogP contribution in [0, 0.1) is 6.92 Å². The molecule has 1 aliphatic rings. The molecule has 0 heterocycles. The van der Waals surface area contributed by atoms with Crippen molar-refractivity contribution < 1.29 is 9.90 Å². The molecule has 1 N–H and O–H groups in total. The van der Waals surface area contributed by atoms with Crippen LogP contribution in [0.1, 0.15) is 24.0 Å². The highest BCUT2D eigenvalue weighted by Crippen LogP contribution is 2.49. The van der Waals surface area contributed by atoms with Crippen LogP contribution < -0.4 is 0 Å². The maximum Gasteiger partial charge on any atom is 0.314 e. The quantitative estimate of drug-likeness (QED) is 0.815. The standard InChI is InChI=1S/C11H11ClO2/c1-7-2-3-8(12)6-9(7)11(4-5-11)10(13)14/h2-3,6H,4-5H2,1H3,(H,13,14). The summed E-state index contributed by atoms with van der Waals surface area (Å²) >= 11 is 5.86. The molecular weight excluding hydrogens is 200 g/mol. The number of rotatable bonds is 2. The van der Waals surface area contributed by atoms with Crippen LogP contribution >= 0.6 is 11.6 Å². The number of hydrogen-bond donors (Lipinski definition) is 1. The zero-order valence-electron chi connectivity index (χ0n) is 7.88. The molecule has 1 saturated carbocycles. The number of carbonyl (C=O) groups is 1. The fourth-order valence-corrected chi connectivity index (χ4v) is 2.01. The van der Waals surface area contributed by atoms with Crippen molar-refractivity contribution in [3.05, 3.63) is 34.3 Å². The smallest absolute Gasteiger partial charge is 0.314 e. The Morgan fingerprint density at radius 3 is 2.64 bits per heavy atom. The second kappa shape index (κ2) is 2.99. The molecule has 2 rings (SSSR count). The number of aliphatic carboxylic acids is 1. The van der Waals surface area contributed by atoms with E-state index in [1.807, 2.05) is 13.0 Å². The molecule has 0 aliphatic heterocycles. The Bertz CT molecular complexity index is 394. The van der Waals surface area contributed by atoms with Crippen LogP contribution in [0.5, 0.6) is 0 Å².